The van der Waals surface area contributed by atoms with Gasteiger partial charge in [0.25, 0.3) is 0 Å². The second-order valence-corrected chi connectivity index (χ2v) is 12.8. The predicted molar refractivity (Wildman–Crippen MR) is 209 cm³/mol. The van der Waals surface area contributed by atoms with Crippen LogP contribution in [0.1, 0.15) is 0 Å². The molecule has 0 atom stereocenters. The summed E-state index contributed by atoms with van der Waals surface area (Å²) in [4.78, 5) is 14.1. The van der Waals surface area contributed by atoms with Crippen molar-refractivity contribution >= 4 is 43.5 Å². The maximum absolute atomic E-state index is 6.69. The SMILES string of the molecule is c1ccc(-c2cc(-c3ccc(-c4ccc5c(c4)oc4c6ccccc6c(-c6cccc7ccccc67)cc54)cc3)cc(-c3ccccn3)n2)nc1. The average molecular weight is 652 g/mol. The summed E-state index contributed by atoms with van der Waals surface area (Å²) in [7, 11) is 0. The molecule has 0 aliphatic carbocycles. The standard InChI is InChI=1S/C47H29N3O/c1-2-12-35-32(10-1)11-9-15-36(35)40-29-41-38-23-22-33(28-46(38)51-47(41)39-14-4-3-13-37(39)40)30-18-20-31(21-19-30)34-26-44(42-16-5-7-24-48-42)50-45(27-34)43-17-6-8-25-49-43/h1-29H. The first kappa shape index (κ1) is 29.0. The topological polar surface area (TPSA) is 51.8 Å². The smallest absolute Gasteiger partial charge is 0.143 e. The highest BCUT2D eigenvalue weighted by Gasteiger charge is 2.17. The van der Waals surface area contributed by atoms with Crippen molar-refractivity contribution in [2.75, 3.05) is 0 Å². The Morgan fingerprint density at radius 3 is 1.67 bits per heavy atom. The van der Waals surface area contributed by atoms with Crippen molar-refractivity contribution in [1.29, 1.82) is 0 Å². The van der Waals surface area contributed by atoms with Crippen molar-refractivity contribution in [3.63, 3.8) is 0 Å². The van der Waals surface area contributed by atoms with Crippen molar-refractivity contribution in [2.45, 2.75) is 0 Å². The summed E-state index contributed by atoms with van der Waals surface area (Å²) in [6.45, 7) is 0. The maximum Gasteiger partial charge on any atom is 0.143 e. The minimum absolute atomic E-state index is 0.810. The number of pyridine rings is 3. The van der Waals surface area contributed by atoms with E-state index in [-0.39, 0.29) is 0 Å². The summed E-state index contributed by atoms with van der Waals surface area (Å²) in [5.41, 5.74) is 11.9. The van der Waals surface area contributed by atoms with E-state index in [1.807, 2.05) is 36.4 Å². The summed E-state index contributed by atoms with van der Waals surface area (Å²) < 4.78 is 6.69. The van der Waals surface area contributed by atoms with E-state index in [1.54, 1.807) is 12.4 Å². The quantitative estimate of drug-likeness (QED) is 0.186. The summed E-state index contributed by atoms with van der Waals surface area (Å²) in [5, 5.41) is 7.02. The third-order valence-electron chi connectivity index (χ3n) is 9.79. The monoisotopic (exact) mass is 651 g/mol. The molecule has 4 heterocycles. The predicted octanol–water partition coefficient (Wildman–Crippen LogP) is 12.4. The second kappa shape index (κ2) is 11.9. The first-order chi connectivity index (χ1) is 25.3. The van der Waals surface area contributed by atoms with E-state index >= 15 is 0 Å². The number of nitrogens with zero attached hydrogens (tertiary/aromatic N) is 3. The van der Waals surface area contributed by atoms with Crippen LogP contribution in [0, 0.1) is 0 Å². The Bertz CT molecular complexity index is 2830. The molecule has 0 bridgehead atoms. The summed E-state index contributed by atoms with van der Waals surface area (Å²) in [5.74, 6) is 0. The number of fused-ring (bicyclic) bond motifs is 6. The lowest BCUT2D eigenvalue weighted by Gasteiger charge is -2.11. The summed E-state index contributed by atoms with van der Waals surface area (Å²) in [6, 6.07) is 57.3. The third kappa shape index (κ3) is 5.04. The largest absolute Gasteiger partial charge is 0.455 e. The highest BCUT2D eigenvalue weighted by molar-refractivity contribution is 6.20. The van der Waals surface area contributed by atoms with Gasteiger partial charge >= 0.3 is 0 Å². The van der Waals surface area contributed by atoms with Gasteiger partial charge in [-0.25, -0.2) is 4.98 Å². The van der Waals surface area contributed by atoms with E-state index in [2.05, 4.69) is 137 Å². The zero-order valence-electron chi connectivity index (χ0n) is 27.5. The van der Waals surface area contributed by atoms with Gasteiger partial charge in [0.2, 0.25) is 0 Å². The van der Waals surface area contributed by atoms with Gasteiger partial charge in [-0.1, -0.05) is 109 Å². The van der Waals surface area contributed by atoms with Crippen LogP contribution in [0.3, 0.4) is 0 Å². The second-order valence-electron chi connectivity index (χ2n) is 12.8. The molecule has 51 heavy (non-hydrogen) atoms. The number of hydrogen-bond donors (Lipinski definition) is 0. The van der Waals surface area contributed by atoms with Crippen LogP contribution in [0.2, 0.25) is 0 Å². The Morgan fingerprint density at radius 2 is 0.961 bits per heavy atom. The molecule has 10 aromatic rings. The van der Waals surface area contributed by atoms with E-state index in [0.717, 1.165) is 72.4 Å². The molecular weight excluding hydrogens is 623 g/mol. The Kier molecular flexibility index (Phi) is 6.78. The van der Waals surface area contributed by atoms with Crippen LogP contribution >= 0.6 is 0 Å². The van der Waals surface area contributed by atoms with Crippen molar-refractivity contribution in [2.24, 2.45) is 0 Å². The summed E-state index contributed by atoms with van der Waals surface area (Å²) in [6.07, 6.45) is 3.59. The molecule has 0 aliphatic rings. The molecule has 0 unspecified atom stereocenters. The molecule has 10 rings (SSSR count). The zero-order valence-corrected chi connectivity index (χ0v) is 27.5. The number of hydrogen-bond acceptors (Lipinski definition) is 4. The van der Waals surface area contributed by atoms with Gasteiger partial charge in [0.15, 0.2) is 0 Å². The minimum Gasteiger partial charge on any atom is -0.455 e. The van der Waals surface area contributed by atoms with Gasteiger partial charge in [-0.05, 0) is 104 Å². The average Bonchev–Trinajstić information content (AvgIpc) is 3.59. The Balaban J connectivity index is 1.06. The highest BCUT2D eigenvalue weighted by Crippen LogP contribution is 2.42. The van der Waals surface area contributed by atoms with Crippen molar-refractivity contribution in [3.8, 4) is 56.2 Å². The van der Waals surface area contributed by atoms with E-state index < -0.39 is 0 Å². The van der Waals surface area contributed by atoms with Gasteiger partial charge in [0, 0.05) is 28.6 Å². The lowest BCUT2D eigenvalue weighted by Crippen LogP contribution is -1.93. The van der Waals surface area contributed by atoms with Crippen LogP contribution in [0.15, 0.2) is 181 Å². The Labute approximate surface area is 294 Å². The van der Waals surface area contributed by atoms with Crippen molar-refractivity contribution in [3.05, 3.63) is 176 Å². The lowest BCUT2D eigenvalue weighted by molar-refractivity contribution is 0.673. The minimum atomic E-state index is 0.810. The molecule has 4 aromatic heterocycles. The van der Waals surface area contributed by atoms with Crippen LogP contribution in [0.4, 0.5) is 0 Å². The lowest BCUT2D eigenvalue weighted by atomic mass is 9.92. The molecule has 0 fully saturated rings. The fourth-order valence-corrected chi connectivity index (χ4v) is 7.30. The summed E-state index contributed by atoms with van der Waals surface area (Å²) >= 11 is 0. The zero-order chi connectivity index (χ0) is 33.7. The van der Waals surface area contributed by atoms with Gasteiger partial charge in [-0.3, -0.25) is 9.97 Å². The van der Waals surface area contributed by atoms with E-state index in [1.165, 1.54) is 27.3 Å². The third-order valence-corrected chi connectivity index (χ3v) is 9.79. The van der Waals surface area contributed by atoms with Gasteiger partial charge in [0.1, 0.15) is 11.2 Å². The van der Waals surface area contributed by atoms with Gasteiger partial charge in [-0.15, -0.1) is 0 Å². The molecule has 0 N–H and O–H groups in total. The van der Waals surface area contributed by atoms with Gasteiger partial charge in [-0.2, -0.15) is 0 Å². The maximum atomic E-state index is 6.69. The van der Waals surface area contributed by atoms with E-state index in [0.29, 0.717) is 0 Å². The highest BCUT2D eigenvalue weighted by atomic mass is 16.3. The molecule has 0 aliphatic heterocycles. The molecule has 0 radical (unpaired) electrons. The molecule has 238 valence electrons. The van der Waals surface area contributed by atoms with E-state index in [4.69, 9.17) is 9.40 Å². The molecule has 0 saturated heterocycles. The van der Waals surface area contributed by atoms with E-state index in [9.17, 15) is 0 Å². The number of furan rings is 1. The van der Waals surface area contributed by atoms with Crippen molar-refractivity contribution < 1.29 is 4.42 Å². The first-order valence-corrected chi connectivity index (χ1v) is 17.1. The Hall–Kier alpha value is -6.91. The molecule has 0 spiro atoms. The fraction of sp³-hybridized carbons (Fsp3) is 0. The molecule has 6 aromatic carbocycles. The normalized spacial score (nSPS) is 11.5. The first-order valence-electron chi connectivity index (χ1n) is 17.1. The fourth-order valence-electron chi connectivity index (χ4n) is 7.30. The Morgan fingerprint density at radius 1 is 0.353 bits per heavy atom. The molecular formula is C47H29N3O. The van der Waals surface area contributed by atoms with Crippen LogP contribution < -0.4 is 0 Å². The van der Waals surface area contributed by atoms with Crippen LogP contribution in [0.25, 0.3) is 99.6 Å². The van der Waals surface area contributed by atoms with Crippen molar-refractivity contribution in [1.82, 2.24) is 15.0 Å². The van der Waals surface area contributed by atoms with Gasteiger partial charge in [0.05, 0.1) is 22.8 Å². The number of rotatable bonds is 5. The van der Waals surface area contributed by atoms with Crippen LogP contribution in [-0.2, 0) is 0 Å². The molecule has 0 amide bonds. The number of benzene rings is 6. The van der Waals surface area contributed by atoms with Crippen LogP contribution in [0.5, 0.6) is 0 Å². The molecule has 4 nitrogen and oxygen atoms in total. The molecule has 0 saturated carbocycles. The number of aromatic nitrogens is 3. The molecule has 4 heteroatoms. The van der Waals surface area contributed by atoms with Crippen LogP contribution in [-0.4, -0.2) is 15.0 Å². The van der Waals surface area contributed by atoms with Gasteiger partial charge < -0.3 is 4.42 Å².